The van der Waals surface area contributed by atoms with E-state index in [1.54, 1.807) is 29.7 Å². The monoisotopic (exact) mass is 270 g/mol. The van der Waals surface area contributed by atoms with Gasteiger partial charge in [-0.15, -0.1) is 23.5 Å². The maximum Gasteiger partial charge on any atom is 0.132 e. The highest BCUT2D eigenvalue weighted by molar-refractivity contribution is 8.22. The van der Waals surface area contributed by atoms with Crippen LogP contribution in [0.25, 0.3) is 5.57 Å². The molecule has 0 spiro atoms. The molecule has 0 amide bonds. The Bertz CT molecular complexity index is 358. The van der Waals surface area contributed by atoms with Gasteiger partial charge in [0.25, 0.3) is 0 Å². The molecule has 3 N–H and O–H groups in total. The number of nitrogens with two attached hydrogens (primary N) is 1. The lowest BCUT2D eigenvalue weighted by molar-refractivity contribution is 0.241. The molecule has 0 aliphatic rings. The van der Waals surface area contributed by atoms with Crippen LogP contribution < -0.4 is 5.73 Å². The topological polar surface area (TPSA) is 59.1 Å². The van der Waals surface area contributed by atoms with E-state index in [0.717, 1.165) is 27.0 Å². The average molecular weight is 270 g/mol. The molecule has 5 heteroatoms. The van der Waals surface area contributed by atoms with Gasteiger partial charge in [-0.25, -0.2) is 0 Å². The third-order valence-corrected chi connectivity index (χ3v) is 4.26. The molecule has 0 aliphatic carbocycles. The van der Waals surface area contributed by atoms with Crippen molar-refractivity contribution < 1.29 is 5.11 Å². The minimum Gasteiger partial charge on any atom is -0.374 e. The highest BCUT2D eigenvalue weighted by atomic mass is 32.2. The predicted molar refractivity (Wildman–Crippen MR) is 77.6 cm³/mol. The zero-order valence-corrected chi connectivity index (χ0v) is 11.7. The number of pyridine rings is 1. The third kappa shape index (κ3) is 4.35. The largest absolute Gasteiger partial charge is 0.374 e. The lowest BCUT2D eigenvalue weighted by Crippen LogP contribution is -2.22. The van der Waals surface area contributed by atoms with Crippen LogP contribution in [0.3, 0.4) is 0 Å². The van der Waals surface area contributed by atoms with E-state index in [1.165, 1.54) is 0 Å². The highest BCUT2D eigenvalue weighted by Gasteiger charge is 2.16. The van der Waals surface area contributed by atoms with Crippen molar-refractivity contribution in [3.05, 3.63) is 34.3 Å². The van der Waals surface area contributed by atoms with Gasteiger partial charge in [-0.1, -0.05) is 19.9 Å². The van der Waals surface area contributed by atoms with Crippen molar-refractivity contribution >= 4 is 29.1 Å². The maximum absolute atomic E-state index is 9.74. The van der Waals surface area contributed by atoms with E-state index in [4.69, 9.17) is 5.73 Å². The van der Waals surface area contributed by atoms with E-state index >= 15 is 0 Å². The molecule has 0 saturated heterocycles. The molecule has 0 saturated carbocycles. The first-order valence-electron chi connectivity index (χ1n) is 5.55. The van der Waals surface area contributed by atoms with E-state index < -0.39 is 6.23 Å². The zero-order chi connectivity index (χ0) is 12.7. The van der Waals surface area contributed by atoms with E-state index in [0.29, 0.717) is 0 Å². The molecule has 1 atom stereocenters. The molecule has 3 nitrogen and oxygen atoms in total. The molecule has 0 bridgehead atoms. The number of aromatic nitrogens is 1. The van der Waals surface area contributed by atoms with Crippen molar-refractivity contribution in [1.29, 1.82) is 0 Å². The summed E-state index contributed by atoms with van der Waals surface area (Å²) in [4.78, 5) is 4.26. The van der Waals surface area contributed by atoms with Crippen molar-refractivity contribution in [3.8, 4) is 0 Å². The zero-order valence-electron chi connectivity index (χ0n) is 10.1. The fraction of sp³-hybridized carbons (Fsp3) is 0.417. The van der Waals surface area contributed by atoms with Gasteiger partial charge in [0.15, 0.2) is 0 Å². The first-order chi connectivity index (χ1) is 8.20. The maximum atomic E-state index is 9.74. The molecule has 0 fully saturated rings. The number of rotatable bonds is 6. The van der Waals surface area contributed by atoms with Gasteiger partial charge in [0.1, 0.15) is 6.23 Å². The molecule has 0 unspecified atom stereocenters. The molecule has 17 heavy (non-hydrogen) atoms. The van der Waals surface area contributed by atoms with Crippen LogP contribution in [-0.2, 0) is 0 Å². The van der Waals surface area contributed by atoms with E-state index in [2.05, 4.69) is 18.8 Å². The van der Waals surface area contributed by atoms with Crippen LogP contribution in [0.1, 0.15) is 19.5 Å². The predicted octanol–water partition coefficient (Wildman–Crippen LogP) is 2.53. The molecular weight excluding hydrogens is 252 g/mol. The van der Waals surface area contributed by atoms with Gasteiger partial charge in [-0.3, -0.25) is 4.98 Å². The van der Waals surface area contributed by atoms with E-state index in [1.807, 2.05) is 18.2 Å². The Labute approximate surface area is 111 Å². The number of thioether (sulfide) groups is 2. The summed E-state index contributed by atoms with van der Waals surface area (Å²) >= 11 is 3.39. The van der Waals surface area contributed by atoms with Gasteiger partial charge in [0, 0.05) is 16.0 Å². The number of aliphatic hydroxyl groups is 1. The summed E-state index contributed by atoms with van der Waals surface area (Å²) in [6.07, 6.45) is 0.723. The number of nitrogens with zero attached hydrogens (tertiary/aromatic N) is 1. The Kier molecular flexibility index (Phi) is 6.65. The molecule has 0 aromatic carbocycles. The van der Waals surface area contributed by atoms with Crippen molar-refractivity contribution in [2.24, 2.45) is 5.73 Å². The Morgan fingerprint density at radius 1 is 1.35 bits per heavy atom. The van der Waals surface area contributed by atoms with Gasteiger partial charge in [-0.05, 0) is 23.6 Å². The SMILES string of the molecule is CCSC(SCC)=C(c1ccccn1)[C@H](N)O. The van der Waals surface area contributed by atoms with Crippen LogP contribution in [0.5, 0.6) is 0 Å². The summed E-state index contributed by atoms with van der Waals surface area (Å²) in [6, 6.07) is 5.62. The fourth-order valence-electron chi connectivity index (χ4n) is 1.36. The van der Waals surface area contributed by atoms with E-state index in [-0.39, 0.29) is 0 Å². The smallest absolute Gasteiger partial charge is 0.132 e. The lowest BCUT2D eigenvalue weighted by Gasteiger charge is -2.15. The molecule has 1 heterocycles. The minimum atomic E-state index is -0.988. The van der Waals surface area contributed by atoms with Crippen LogP contribution >= 0.6 is 23.5 Å². The Morgan fingerprint density at radius 2 is 2.00 bits per heavy atom. The average Bonchev–Trinajstić information content (AvgIpc) is 2.31. The lowest BCUT2D eigenvalue weighted by atomic mass is 10.2. The van der Waals surface area contributed by atoms with Crippen LogP contribution in [0, 0.1) is 0 Å². The van der Waals surface area contributed by atoms with E-state index in [9.17, 15) is 5.11 Å². The normalized spacial score (nSPS) is 12.2. The van der Waals surface area contributed by atoms with Crippen molar-refractivity contribution in [2.45, 2.75) is 20.1 Å². The number of hydrogen-bond donors (Lipinski definition) is 2. The second kappa shape index (κ2) is 7.76. The standard InChI is InChI=1S/C12H18N2OS2/c1-3-16-12(17-4-2)10(11(13)15)9-7-5-6-8-14-9/h5-8,11,15H,3-4,13H2,1-2H3/t11-/m1/s1. The van der Waals surface area contributed by atoms with Gasteiger partial charge < -0.3 is 10.8 Å². The summed E-state index contributed by atoms with van der Waals surface area (Å²) in [5.74, 6) is 1.90. The molecule has 1 aromatic rings. The minimum absolute atomic E-state index is 0.726. The first kappa shape index (κ1) is 14.6. The van der Waals surface area contributed by atoms with Crippen molar-refractivity contribution in [2.75, 3.05) is 11.5 Å². The highest BCUT2D eigenvalue weighted by Crippen LogP contribution is 2.35. The molecular formula is C12H18N2OS2. The van der Waals surface area contributed by atoms with Gasteiger partial charge in [0.05, 0.1) is 5.69 Å². The molecule has 1 rings (SSSR count). The molecule has 1 aromatic heterocycles. The Morgan fingerprint density at radius 3 is 2.41 bits per heavy atom. The molecule has 94 valence electrons. The second-order valence-electron chi connectivity index (χ2n) is 3.23. The summed E-state index contributed by atoms with van der Waals surface area (Å²) in [5.41, 5.74) is 7.14. The van der Waals surface area contributed by atoms with Crippen LogP contribution in [0.2, 0.25) is 0 Å². The molecule has 0 aliphatic heterocycles. The van der Waals surface area contributed by atoms with Gasteiger partial charge >= 0.3 is 0 Å². The summed E-state index contributed by atoms with van der Waals surface area (Å²) in [7, 11) is 0. The van der Waals surface area contributed by atoms with Gasteiger partial charge in [0.2, 0.25) is 0 Å². The fourth-order valence-corrected chi connectivity index (χ4v) is 3.68. The first-order valence-corrected chi connectivity index (χ1v) is 7.52. The summed E-state index contributed by atoms with van der Waals surface area (Å²) < 4.78 is 1.06. The van der Waals surface area contributed by atoms with Crippen LogP contribution in [-0.4, -0.2) is 27.8 Å². The molecule has 0 radical (unpaired) electrons. The summed E-state index contributed by atoms with van der Waals surface area (Å²) in [6.45, 7) is 4.17. The summed E-state index contributed by atoms with van der Waals surface area (Å²) in [5, 5.41) is 9.74. The van der Waals surface area contributed by atoms with Gasteiger partial charge in [-0.2, -0.15) is 0 Å². The number of hydrogen-bond acceptors (Lipinski definition) is 5. The van der Waals surface area contributed by atoms with Crippen molar-refractivity contribution in [3.63, 3.8) is 0 Å². The quantitative estimate of drug-likeness (QED) is 0.778. The van der Waals surface area contributed by atoms with Crippen LogP contribution in [0.4, 0.5) is 0 Å². The Balaban J connectivity index is 3.16. The second-order valence-corrected chi connectivity index (χ2v) is 6.03. The number of aliphatic hydroxyl groups excluding tert-OH is 1. The third-order valence-electron chi connectivity index (χ3n) is 2.01. The van der Waals surface area contributed by atoms with Crippen LogP contribution in [0.15, 0.2) is 28.6 Å². The van der Waals surface area contributed by atoms with Crippen molar-refractivity contribution in [1.82, 2.24) is 4.98 Å². The Hall–Kier alpha value is -0.490.